The summed E-state index contributed by atoms with van der Waals surface area (Å²) in [5.41, 5.74) is 0. The van der Waals surface area contributed by atoms with E-state index < -0.39 is 0 Å². The minimum absolute atomic E-state index is 0.196. The van der Waals surface area contributed by atoms with Crippen molar-refractivity contribution in [1.82, 2.24) is 9.91 Å². The number of hydrogen-bond donors (Lipinski definition) is 1. The number of nitrogens with two attached hydrogens (primary N) is 1. The molecule has 1 aromatic rings. The second-order valence-corrected chi connectivity index (χ2v) is 5.32. The molecule has 0 aliphatic carbocycles. The zero-order valence-corrected chi connectivity index (χ0v) is 11.3. The van der Waals surface area contributed by atoms with Gasteiger partial charge in [-0.05, 0) is 32.0 Å². The lowest BCUT2D eigenvalue weighted by Gasteiger charge is -2.35. The molecule has 5 nitrogen and oxygen atoms in total. The molecule has 0 atom stereocenters. The molecule has 1 saturated heterocycles. The fraction of sp³-hybridized carbons (Fsp3) is 0.571. The van der Waals surface area contributed by atoms with Crippen LogP contribution in [0.1, 0.15) is 12.8 Å². The third-order valence-corrected chi connectivity index (χ3v) is 3.93. The summed E-state index contributed by atoms with van der Waals surface area (Å²) >= 11 is 0. The fourth-order valence-corrected chi connectivity index (χ4v) is 2.74. The average Bonchev–Trinajstić information content (AvgIpc) is 2.81. The van der Waals surface area contributed by atoms with Crippen LogP contribution in [0.15, 0.2) is 24.3 Å². The van der Waals surface area contributed by atoms with Crippen LogP contribution in [-0.2, 0) is 0 Å². The molecule has 104 valence electrons. The highest BCUT2D eigenvalue weighted by Gasteiger charge is 2.28. The second-order valence-electron chi connectivity index (χ2n) is 5.32. The Bertz CT molecular complexity index is 407. The SMILES string of the molecule is CN(CC1Oc2ccccc2O1)C1CCN(N)CC1. The van der Waals surface area contributed by atoms with Crippen LogP contribution in [0, 0.1) is 0 Å². The van der Waals surface area contributed by atoms with E-state index in [1.165, 1.54) is 0 Å². The molecule has 0 spiro atoms. The van der Waals surface area contributed by atoms with Crippen molar-refractivity contribution < 1.29 is 9.47 Å². The van der Waals surface area contributed by atoms with Gasteiger partial charge < -0.3 is 9.47 Å². The smallest absolute Gasteiger partial charge is 0.254 e. The van der Waals surface area contributed by atoms with Crippen molar-refractivity contribution in [3.8, 4) is 11.5 Å². The van der Waals surface area contributed by atoms with Gasteiger partial charge >= 0.3 is 0 Å². The topological polar surface area (TPSA) is 51.0 Å². The zero-order valence-electron chi connectivity index (χ0n) is 11.3. The molecular weight excluding hydrogens is 242 g/mol. The Morgan fingerprint density at radius 1 is 1.21 bits per heavy atom. The summed E-state index contributed by atoms with van der Waals surface area (Å²) in [7, 11) is 2.13. The number of rotatable bonds is 3. The monoisotopic (exact) mass is 263 g/mol. The van der Waals surface area contributed by atoms with E-state index in [-0.39, 0.29) is 6.29 Å². The molecule has 5 heteroatoms. The maximum absolute atomic E-state index is 5.79. The molecule has 0 unspecified atom stereocenters. The first-order chi connectivity index (χ1) is 9.22. The highest BCUT2D eigenvalue weighted by molar-refractivity contribution is 5.41. The minimum atomic E-state index is -0.196. The van der Waals surface area contributed by atoms with Crippen LogP contribution in [0.2, 0.25) is 0 Å². The van der Waals surface area contributed by atoms with Gasteiger partial charge in [0.05, 0.1) is 6.54 Å². The Morgan fingerprint density at radius 3 is 2.37 bits per heavy atom. The normalized spacial score (nSPS) is 21.2. The molecule has 1 fully saturated rings. The van der Waals surface area contributed by atoms with E-state index in [0.717, 1.165) is 44.0 Å². The van der Waals surface area contributed by atoms with E-state index in [1.807, 2.05) is 29.3 Å². The van der Waals surface area contributed by atoms with E-state index >= 15 is 0 Å². The molecule has 0 radical (unpaired) electrons. The van der Waals surface area contributed by atoms with E-state index in [0.29, 0.717) is 6.04 Å². The van der Waals surface area contributed by atoms with E-state index in [1.54, 1.807) is 0 Å². The predicted molar refractivity (Wildman–Crippen MR) is 72.9 cm³/mol. The first-order valence-corrected chi connectivity index (χ1v) is 6.84. The van der Waals surface area contributed by atoms with Gasteiger partial charge in [-0.2, -0.15) is 0 Å². The van der Waals surface area contributed by atoms with Crippen LogP contribution in [0.5, 0.6) is 11.5 Å². The number of ether oxygens (including phenoxy) is 2. The Balaban J connectivity index is 1.53. The number of piperidine rings is 1. The largest absolute Gasteiger partial charge is 0.450 e. The van der Waals surface area contributed by atoms with Crippen LogP contribution >= 0.6 is 0 Å². The summed E-state index contributed by atoms with van der Waals surface area (Å²) in [6.07, 6.45) is 2.01. The quantitative estimate of drug-likeness (QED) is 0.826. The Kier molecular flexibility index (Phi) is 3.59. The third-order valence-electron chi connectivity index (χ3n) is 3.93. The lowest BCUT2D eigenvalue weighted by atomic mass is 10.1. The molecule has 1 aromatic carbocycles. The van der Waals surface area contributed by atoms with Gasteiger partial charge in [0.15, 0.2) is 11.5 Å². The summed E-state index contributed by atoms with van der Waals surface area (Å²) in [6, 6.07) is 8.39. The average molecular weight is 263 g/mol. The van der Waals surface area contributed by atoms with Crippen molar-refractivity contribution in [3.63, 3.8) is 0 Å². The maximum Gasteiger partial charge on any atom is 0.254 e. The van der Waals surface area contributed by atoms with Gasteiger partial charge in [-0.3, -0.25) is 10.7 Å². The number of likely N-dealkylation sites (N-methyl/N-ethyl adjacent to an activating group) is 1. The van der Waals surface area contributed by atoms with Gasteiger partial charge in [-0.1, -0.05) is 12.1 Å². The number of hydrazine groups is 1. The van der Waals surface area contributed by atoms with Crippen molar-refractivity contribution in [2.75, 3.05) is 26.7 Å². The first kappa shape index (κ1) is 12.7. The van der Waals surface area contributed by atoms with Gasteiger partial charge in [-0.25, -0.2) is 5.01 Å². The molecule has 3 rings (SSSR count). The van der Waals surface area contributed by atoms with Crippen molar-refractivity contribution in [1.29, 1.82) is 0 Å². The van der Waals surface area contributed by atoms with E-state index in [2.05, 4.69) is 11.9 Å². The van der Waals surface area contributed by atoms with Crippen LogP contribution in [0.25, 0.3) is 0 Å². The molecule has 0 saturated carbocycles. The molecule has 0 bridgehead atoms. The van der Waals surface area contributed by atoms with Crippen molar-refractivity contribution in [2.24, 2.45) is 5.84 Å². The summed E-state index contributed by atoms with van der Waals surface area (Å²) < 4.78 is 11.6. The maximum atomic E-state index is 5.79. The lowest BCUT2D eigenvalue weighted by Crippen LogP contribution is -2.48. The standard InChI is InChI=1S/C14H21N3O2/c1-16(11-6-8-17(15)9-7-11)10-14-18-12-4-2-3-5-13(12)19-14/h2-5,11,14H,6-10,15H2,1H3. The molecule has 2 heterocycles. The molecule has 2 N–H and O–H groups in total. The van der Waals surface area contributed by atoms with Crippen LogP contribution in [0.4, 0.5) is 0 Å². The zero-order chi connectivity index (χ0) is 13.2. The Labute approximate surface area is 113 Å². The number of nitrogens with zero attached hydrogens (tertiary/aromatic N) is 2. The van der Waals surface area contributed by atoms with Crippen molar-refractivity contribution >= 4 is 0 Å². The summed E-state index contributed by atoms with van der Waals surface area (Å²) in [5.74, 6) is 7.47. The number of para-hydroxylation sites is 2. The predicted octanol–water partition coefficient (Wildman–Crippen LogP) is 1.05. The highest BCUT2D eigenvalue weighted by Crippen LogP contribution is 2.34. The molecule has 19 heavy (non-hydrogen) atoms. The first-order valence-electron chi connectivity index (χ1n) is 6.84. The van der Waals surface area contributed by atoms with E-state index in [4.69, 9.17) is 15.3 Å². The van der Waals surface area contributed by atoms with Gasteiger partial charge in [0.2, 0.25) is 0 Å². The molecule has 2 aliphatic heterocycles. The van der Waals surface area contributed by atoms with Crippen LogP contribution < -0.4 is 15.3 Å². The van der Waals surface area contributed by atoms with Gasteiger partial charge in [0.1, 0.15) is 0 Å². The Morgan fingerprint density at radius 2 is 1.79 bits per heavy atom. The third kappa shape index (κ3) is 2.83. The van der Waals surface area contributed by atoms with Crippen LogP contribution in [-0.4, -0.2) is 48.9 Å². The number of hydrogen-bond acceptors (Lipinski definition) is 5. The van der Waals surface area contributed by atoms with Gasteiger partial charge in [0, 0.05) is 19.1 Å². The Hall–Kier alpha value is -1.30. The van der Waals surface area contributed by atoms with E-state index in [9.17, 15) is 0 Å². The van der Waals surface area contributed by atoms with Gasteiger partial charge in [-0.15, -0.1) is 0 Å². The molecule has 2 aliphatic rings. The molecular formula is C14H21N3O2. The second kappa shape index (κ2) is 5.36. The fourth-order valence-electron chi connectivity index (χ4n) is 2.74. The summed E-state index contributed by atoms with van der Waals surface area (Å²) in [6.45, 7) is 2.70. The number of benzene rings is 1. The summed E-state index contributed by atoms with van der Waals surface area (Å²) in [4.78, 5) is 2.32. The lowest BCUT2D eigenvalue weighted by molar-refractivity contribution is 0.00235. The van der Waals surface area contributed by atoms with Crippen molar-refractivity contribution in [2.45, 2.75) is 25.2 Å². The molecule has 0 amide bonds. The highest BCUT2D eigenvalue weighted by atomic mass is 16.7. The number of fused-ring (bicyclic) bond motifs is 1. The van der Waals surface area contributed by atoms with Gasteiger partial charge in [0.25, 0.3) is 6.29 Å². The molecule has 0 aromatic heterocycles. The van der Waals surface area contributed by atoms with Crippen molar-refractivity contribution in [3.05, 3.63) is 24.3 Å². The summed E-state index contributed by atoms with van der Waals surface area (Å²) in [5, 5.41) is 1.89. The minimum Gasteiger partial charge on any atom is -0.450 e. The van der Waals surface area contributed by atoms with Crippen LogP contribution in [0.3, 0.4) is 0 Å².